The molecule has 2 fully saturated rings. The zero-order valence-electron chi connectivity index (χ0n) is 25.8. The van der Waals surface area contributed by atoms with Crippen molar-refractivity contribution in [2.75, 3.05) is 56.3 Å². The molecule has 15 heteroatoms. The van der Waals surface area contributed by atoms with Crippen LogP contribution in [0.1, 0.15) is 17.7 Å². The molecule has 3 aromatic rings. The Balaban J connectivity index is 1.34. The minimum atomic E-state index is -1.06. The fourth-order valence-electron chi connectivity index (χ4n) is 6.35. The SMILES string of the molecule is C=C(F)C(=O)N1CCN(c2nc(OSC3OCC[Si][C@H]3COC)nc3c2CCN(c2ccc(F)c4cccc(Cl)c24)C3)C[C@@H]1CC#N. The minimum absolute atomic E-state index is 0.0227. The summed E-state index contributed by atoms with van der Waals surface area (Å²) in [7, 11) is 2.35. The molecule has 246 valence electrons. The van der Waals surface area contributed by atoms with Crippen LogP contribution < -0.4 is 14.0 Å². The van der Waals surface area contributed by atoms with E-state index in [1.807, 2.05) is 4.90 Å². The van der Waals surface area contributed by atoms with E-state index in [2.05, 4.69) is 17.5 Å². The van der Waals surface area contributed by atoms with Gasteiger partial charge >= 0.3 is 6.01 Å². The summed E-state index contributed by atoms with van der Waals surface area (Å²) in [4.78, 5) is 27.7. The number of hydrogen-bond acceptors (Lipinski definition) is 10. The second-order valence-corrected chi connectivity index (χ2v) is 14.3. The summed E-state index contributed by atoms with van der Waals surface area (Å²) in [6.45, 7) is 6.14. The summed E-state index contributed by atoms with van der Waals surface area (Å²) in [6, 6.07) is 11.1. The van der Waals surface area contributed by atoms with Gasteiger partial charge in [0.2, 0.25) is 0 Å². The Morgan fingerprint density at radius 3 is 2.89 bits per heavy atom. The largest absolute Gasteiger partial charge is 0.386 e. The van der Waals surface area contributed by atoms with E-state index in [1.165, 1.54) is 11.0 Å². The topological polar surface area (TPSA) is 104 Å². The number of ether oxygens (including phenoxy) is 2. The maximum absolute atomic E-state index is 14.8. The molecule has 2 saturated heterocycles. The number of amides is 1. The highest BCUT2D eigenvalue weighted by molar-refractivity contribution is 7.95. The van der Waals surface area contributed by atoms with E-state index in [1.54, 1.807) is 31.4 Å². The van der Waals surface area contributed by atoms with Gasteiger partial charge in [0.15, 0.2) is 5.83 Å². The lowest BCUT2D eigenvalue weighted by Gasteiger charge is -2.42. The molecule has 47 heavy (non-hydrogen) atoms. The highest BCUT2D eigenvalue weighted by Crippen LogP contribution is 2.39. The van der Waals surface area contributed by atoms with Crippen LogP contribution in [0.4, 0.5) is 20.3 Å². The Bertz CT molecular complexity index is 1710. The molecule has 3 atom stereocenters. The molecule has 10 nitrogen and oxygen atoms in total. The summed E-state index contributed by atoms with van der Waals surface area (Å²) in [6.07, 6.45) is 0.586. The molecule has 2 aromatic carbocycles. The number of nitriles is 1. The first-order valence-electron chi connectivity index (χ1n) is 15.2. The molecule has 0 N–H and O–H groups in total. The number of anilines is 2. The molecule has 2 radical (unpaired) electrons. The smallest absolute Gasteiger partial charge is 0.331 e. The Labute approximate surface area is 283 Å². The van der Waals surface area contributed by atoms with Crippen molar-refractivity contribution in [1.29, 1.82) is 5.26 Å². The van der Waals surface area contributed by atoms with Gasteiger partial charge in [-0.05, 0) is 30.7 Å². The third-order valence-electron chi connectivity index (χ3n) is 8.56. The lowest BCUT2D eigenvalue weighted by Crippen LogP contribution is -2.55. The lowest BCUT2D eigenvalue weighted by molar-refractivity contribution is -0.131. The van der Waals surface area contributed by atoms with Crippen molar-refractivity contribution >= 4 is 61.3 Å². The molecule has 0 bridgehead atoms. The average molecular weight is 699 g/mol. The number of piperazine rings is 1. The average Bonchev–Trinajstić information content (AvgIpc) is 3.07. The molecule has 3 aliphatic heterocycles. The highest BCUT2D eigenvalue weighted by Gasteiger charge is 2.35. The molecule has 1 aromatic heterocycles. The fourth-order valence-corrected chi connectivity index (χ4v) is 8.88. The second kappa shape index (κ2) is 14.7. The number of rotatable bonds is 9. The lowest BCUT2D eigenvalue weighted by atomic mass is 10.0. The summed E-state index contributed by atoms with van der Waals surface area (Å²) >= 11 is 7.76. The van der Waals surface area contributed by atoms with Crippen molar-refractivity contribution < 1.29 is 27.2 Å². The number of aromatic nitrogens is 2. The van der Waals surface area contributed by atoms with E-state index in [0.29, 0.717) is 70.4 Å². The van der Waals surface area contributed by atoms with Gasteiger partial charge in [0.05, 0.1) is 57.4 Å². The first kappa shape index (κ1) is 33.4. The fraction of sp³-hybridized carbons (Fsp3) is 0.438. The van der Waals surface area contributed by atoms with Crippen LogP contribution in [0.25, 0.3) is 10.8 Å². The molecular weight excluding hydrogens is 666 g/mol. The van der Waals surface area contributed by atoms with Crippen LogP contribution in [0.2, 0.25) is 16.6 Å². The van der Waals surface area contributed by atoms with E-state index >= 15 is 0 Å². The van der Waals surface area contributed by atoms with E-state index in [0.717, 1.165) is 35.0 Å². The van der Waals surface area contributed by atoms with Crippen LogP contribution >= 0.6 is 23.6 Å². The molecule has 3 aliphatic rings. The zero-order chi connectivity index (χ0) is 33.1. The second-order valence-electron chi connectivity index (χ2n) is 11.5. The van der Waals surface area contributed by atoms with E-state index < -0.39 is 17.8 Å². The Morgan fingerprint density at radius 1 is 1.26 bits per heavy atom. The molecule has 1 unspecified atom stereocenters. The molecule has 6 rings (SSSR count). The van der Waals surface area contributed by atoms with Gasteiger partial charge < -0.3 is 28.4 Å². The summed E-state index contributed by atoms with van der Waals surface area (Å²) in [5.41, 5.74) is 2.35. The zero-order valence-corrected chi connectivity index (χ0v) is 28.3. The van der Waals surface area contributed by atoms with Crippen molar-refractivity contribution in [3.63, 3.8) is 0 Å². The van der Waals surface area contributed by atoms with Gasteiger partial charge in [-0.3, -0.25) is 4.79 Å². The van der Waals surface area contributed by atoms with E-state index in [9.17, 15) is 18.8 Å². The highest BCUT2D eigenvalue weighted by atomic mass is 35.5. The van der Waals surface area contributed by atoms with Gasteiger partial charge in [-0.1, -0.05) is 30.3 Å². The van der Waals surface area contributed by atoms with E-state index in [-0.39, 0.29) is 42.3 Å². The van der Waals surface area contributed by atoms with Crippen LogP contribution in [-0.2, 0) is 27.2 Å². The number of carbonyl (C=O) groups is 1. The molecular formula is C32H33ClF2N6O4SSi. The molecule has 0 aliphatic carbocycles. The summed E-state index contributed by atoms with van der Waals surface area (Å²) in [5.74, 6) is -1.57. The van der Waals surface area contributed by atoms with Crippen LogP contribution in [0.5, 0.6) is 6.01 Å². The van der Waals surface area contributed by atoms with Crippen LogP contribution in [0.15, 0.2) is 42.7 Å². The maximum Gasteiger partial charge on any atom is 0.331 e. The van der Waals surface area contributed by atoms with Gasteiger partial charge in [-0.25, -0.2) is 8.78 Å². The van der Waals surface area contributed by atoms with Crippen molar-refractivity contribution in [1.82, 2.24) is 14.9 Å². The van der Waals surface area contributed by atoms with Gasteiger partial charge in [-0.15, -0.1) is 0 Å². The van der Waals surface area contributed by atoms with Crippen molar-refractivity contribution in [2.24, 2.45) is 0 Å². The van der Waals surface area contributed by atoms with Crippen molar-refractivity contribution in [3.8, 4) is 12.1 Å². The quantitative estimate of drug-likeness (QED) is 0.165. The first-order chi connectivity index (χ1) is 22.8. The van der Waals surface area contributed by atoms with Gasteiger partial charge in [0.25, 0.3) is 5.91 Å². The molecule has 1 amide bonds. The molecule has 0 saturated carbocycles. The number of halogens is 3. The third-order valence-corrected chi connectivity index (χ3v) is 11.5. The van der Waals surface area contributed by atoms with E-state index in [4.69, 9.17) is 35.2 Å². The minimum Gasteiger partial charge on any atom is -0.386 e. The summed E-state index contributed by atoms with van der Waals surface area (Å²) < 4.78 is 46.2. The van der Waals surface area contributed by atoms with Crippen molar-refractivity contribution in [2.45, 2.75) is 42.4 Å². The number of fused-ring (bicyclic) bond motifs is 2. The number of methoxy groups -OCH3 is 1. The first-order valence-corrected chi connectivity index (χ1v) is 17.7. The molecule has 4 heterocycles. The van der Waals surface area contributed by atoms with Crippen LogP contribution in [0, 0.1) is 17.1 Å². The van der Waals surface area contributed by atoms with Crippen LogP contribution in [-0.4, -0.2) is 88.3 Å². The number of carbonyl (C=O) groups excluding carboxylic acids is 1. The number of nitrogens with zero attached hydrogens (tertiary/aromatic N) is 6. The van der Waals surface area contributed by atoms with Gasteiger partial charge in [0, 0.05) is 74.1 Å². The predicted molar refractivity (Wildman–Crippen MR) is 178 cm³/mol. The Morgan fingerprint density at radius 2 is 2.11 bits per heavy atom. The van der Waals surface area contributed by atoms with Gasteiger partial charge in [0.1, 0.15) is 17.1 Å². The van der Waals surface area contributed by atoms with Crippen molar-refractivity contribution in [3.05, 3.63) is 64.8 Å². The monoisotopic (exact) mass is 698 g/mol. The summed E-state index contributed by atoms with van der Waals surface area (Å²) in [5, 5.41) is 11.1. The standard InChI is InChI=1S/C32H33ClF2N6O4SSi/c1-19(34)30(42)41-13-12-40(16-20(41)8-10-36)29-22-9-11-39(26-7-6-24(35)21-4-3-5-23(33)28(21)26)17-25(22)37-32(38-29)45-46-31-27(18-43-2)47-15-14-44-31/h3-7,20,27,31H,1,8-9,11-18H2,2H3/t20-,27-,31?/m0/s1. The van der Waals surface area contributed by atoms with Gasteiger partial charge in [-0.2, -0.15) is 15.2 Å². The predicted octanol–water partition coefficient (Wildman–Crippen LogP) is 5.34. The van der Waals surface area contributed by atoms with Crippen LogP contribution in [0.3, 0.4) is 0 Å². The Hall–Kier alpha value is -3.48. The normalized spacial score (nSPS) is 21.3. The third kappa shape index (κ3) is 7.05. The number of benzene rings is 2. The molecule has 0 spiro atoms. The number of hydrogen-bond donors (Lipinski definition) is 0. The Kier molecular flexibility index (Phi) is 10.5. The maximum atomic E-state index is 14.8.